The molecule has 2 heterocycles. The van der Waals surface area contributed by atoms with Crippen molar-refractivity contribution in [1.82, 2.24) is 9.80 Å². The summed E-state index contributed by atoms with van der Waals surface area (Å²) in [6.45, 7) is 2.46. The number of hydrogen-bond acceptors (Lipinski definition) is 3. The number of carbonyl (C=O) groups is 2. The molecule has 0 spiro atoms. The molecule has 1 saturated heterocycles. The zero-order chi connectivity index (χ0) is 19.1. The molecular weight excluding hydrogens is 368 g/mol. The summed E-state index contributed by atoms with van der Waals surface area (Å²) in [5, 5.41) is 4.15. The second kappa shape index (κ2) is 7.06. The summed E-state index contributed by atoms with van der Waals surface area (Å²) in [4.78, 5) is 31.0. The summed E-state index contributed by atoms with van der Waals surface area (Å²) >= 11 is 1.74. The monoisotopic (exact) mass is 390 g/mol. The van der Waals surface area contributed by atoms with Crippen molar-refractivity contribution in [2.75, 3.05) is 26.2 Å². The molecule has 3 aromatic rings. The van der Waals surface area contributed by atoms with Crippen molar-refractivity contribution < 1.29 is 9.59 Å². The van der Waals surface area contributed by atoms with Crippen LogP contribution in [0.25, 0.3) is 10.8 Å². The van der Waals surface area contributed by atoms with Crippen LogP contribution in [0.3, 0.4) is 0 Å². The van der Waals surface area contributed by atoms with Crippen LogP contribution >= 0.6 is 11.3 Å². The first-order chi connectivity index (χ1) is 13.7. The number of piperazine rings is 1. The highest BCUT2D eigenvalue weighted by atomic mass is 32.1. The summed E-state index contributed by atoms with van der Waals surface area (Å²) < 4.78 is 0. The van der Waals surface area contributed by atoms with Crippen molar-refractivity contribution in [1.29, 1.82) is 0 Å². The fourth-order valence-corrected chi connectivity index (χ4v) is 5.14. The van der Waals surface area contributed by atoms with Crippen LogP contribution in [0.1, 0.15) is 27.6 Å². The molecule has 142 valence electrons. The Balaban J connectivity index is 1.23. The lowest BCUT2D eigenvalue weighted by Gasteiger charge is -2.35. The number of carbonyl (C=O) groups excluding carboxylic acids is 2. The molecule has 2 unspecified atom stereocenters. The summed E-state index contributed by atoms with van der Waals surface area (Å²) in [6, 6.07) is 18.0. The lowest BCUT2D eigenvalue weighted by Crippen LogP contribution is -2.51. The van der Waals surface area contributed by atoms with E-state index in [1.54, 1.807) is 11.3 Å². The molecule has 2 atom stereocenters. The summed E-state index contributed by atoms with van der Waals surface area (Å²) in [5.41, 5.74) is 0.748. The van der Waals surface area contributed by atoms with Crippen LogP contribution in [0.15, 0.2) is 60.0 Å². The van der Waals surface area contributed by atoms with Crippen LogP contribution in [0, 0.1) is 5.92 Å². The molecule has 1 aliphatic carbocycles. The number of thiophene rings is 1. The van der Waals surface area contributed by atoms with Gasteiger partial charge in [0.15, 0.2) is 0 Å². The van der Waals surface area contributed by atoms with Crippen LogP contribution < -0.4 is 0 Å². The smallest absolute Gasteiger partial charge is 0.254 e. The third kappa shape index (κ3) is 3.10. The van der Waals surface area contributed by atoms with E-state index in [9.17, 15) is 9.59 Å². The Hall–Kier alpha value is -2.66. The minimum atomic E-state index is 0.0618. The van der Waals surface area contributed by atoms with Crippen molar-refractivity contribution in [2.45, 2.75) is 12.3 Å². The molecular formula is C23H22N2O2S. The maximum Gasteiger partial charge on any atom is 0.254 e. The molecule has 4 nitrogen and oxygen atoms in total. The molecule has 2 aromatic carbocycles. The number of hydrogen-bond donors (Lipinski definition) is 0. The van der Waals surface area contributed by atoms with Crippen molar-refractivity contribution in [3.8, 4) is 0 Å². The molecule has 1 aliphatic heterocycles. The van der Waals surface area contributed by atoms with Crippen molar-refractivity contribution in [3.05, 3.63) is 70.4 Å². The van der Waals surface area contributed by atoms with Gasteiger partial charge < -0.3 is 9.80 Å². The van der Waals surface area contributed by atoms with Gasteiger partial charge in [0, 0.05) is 48.5 Å². The van der Waals surface area contributed by atoms with E-state index in [-0.39, 0.29) is 17.7 Å². The van der Waals surface area contributed by atoms with Gasteiger partial charge in [-0.3, -0.25) is 9.59 Å². The summed E-state index contributed by atoms with van der Waals surface area (Å²) in [5.74, 6) is 0.865. The fourth-order valence-electron chi connectivity index (χ4n) is 4.23. The second-order valence-electron chi connectivity index (χ2n) is 7.61. The van der Waals surface area contributed by atoms with Crippen LogP contribution in [-0.4, -0.2) is 47.8 Å². The van der Waals surface area contributed by atoms with Gasteiger partial charge in [-0.15, -0.1) is 11.3 Å². The zero-order valence-corrected chi connectivity index (χ0v) is 16.4. The van der Waals surface area contributed by atoms with Gasteiger partial charge in [0.1, 0.15) is 0 Å². The van der Waals surface area contributed by atoms with Gasteiger partial charge in [0.2, 0.25) is 5.91 Å². The summed E-state index contributed by atoms with van der Waals surface area (Å²) in [7, 11) is 0. The van der Waals surface area contributed by atoms with E-state index in [4.69, 9.17) is 0 Å². The predicted octanol–water partition coefficient (Wildman–Crippen LogP) is 3.99. The van der Waals surface area contributed by atoms with Gasteiger partial charge in [-0.25, -0.2) is 0 Å². The summed E-state index contributed by atoms with van der Waals surface area (Å²) in [6.07, 6.45) is 0.967. The highest BCUT2D eigenvalue weighted by molar-refractivity contribution is 7.10. The molecule has 5 heteroatoms. The molecule has 1 aromatic heterocycles. The van der Waals surface area contributed by atoms with E-state index in [1.807, 2.05) is 52.3 Å². The SMILES string of the molecule is O=C(c1cccc2ccccc12)N1CCN(C(=O)C2CC2c2cccs2)CC1. The first-order valence-electron chi connectivity index (χ1n) is 9.81. The highest BCUT2D eigenvalue weighted by Crippen LogP contribution is 2.50. The average Bonchev–Trinajstić information content (AvgIpc) is 3.36. The van der Waals surface area contributed by atoms with E-state index in [0.29, 0.717) is 32.1 Å². The van der Waals surface area contributed by atoms with Crippen molar-refractivity contribution in [2.24, 2.45) is 5.92 Å². The number of fused-ring (bicyclic) bond motifs is 1. The van der Waals surface area contributed by atoms with Gasteiger partial charge in [-0.2, -0.15) is 0 Å². The molecule has 0 radical (unpaired) electrons. The van der Waals surface area contributed by atoms with Crippen molar-refractivity contribution >= 4 is 33.9 Å². The van der Waals surface area contributed by atoms with Crippen LogP contribution in [0.5, 0.6) is 0 Å². The van der Waals surface area contributed by atoms with Crippen LogP contribution in [-0.2, 0) is 4.79 Å². The molecule has 0 bridgehead atoms. The Kier molecular flexibility index (Phi) is 4.40. The molecule has 5 rings (SSSR count). The van der Waals surface area contributed by atoms with Gasteiger partial charge in [0.05, 0.1) is 0 Å². The molecule has 2 amide bonds. The lowest BCUT2D eigenvalue weighted by molar-refractivity contribution is -0.134. The van der Waals surface area contributed by atoms with Gasteiger partial charge in [-0.05, 0) is 34.7 Å². The van der Waals surface area contributed by atoms with Gasteiger partial charge in [-0.1, -0.05) is 42.5 Å². The number of amides is 2. The zero-order valence-electron chi connectivity index (χ0n) is 15.6. The Morgan fingerprint density at radius 2 is 1.61 bits per heavy atom. The van der Waals surface area contributed by atoms with Gasteiger partial charge >= 0.3 is 0 Å². The van der Waals surface area contributed by atoms with E-state index in [1.165, 1.54) is 4.88 Å². The molecule has 2 aliphatic rings. The van der Waals surface area contributed by atoms with E-state index in [0.717, 1.165) is 22.8 Å². The maximum atomic E-state index is 13.1. The largest absolute Gasteiger partial charge is 0.339 e. The Morgan fingerprint density at radius 3 is 2.39 bits per heavy atom. The molecule has 28 heavy (non-hydrogen) atoms. The van der Waals surface area contributed by atoms with E-state index < -0.39 is 0 Å². The standard InChI is InChI=1S/C23H22N2O2S/c26-22(18-8-3-6-16-5-1-2-7-17(16)18)24-10-12-25(13-11-24)23(27)20-15-19(20)21-9-4-14-28-21/h1-9,14,19-20H,10-13,15H2. The minimum Gasteiger partial charge on any atom is -0.339 e. The topological polar surface area (TPSA) is 40.6 Å². The van der Waals surface area contributed by atoms with Crippen LogP contribution in [0.4, 0.5) is 0 Å². The Bertz CT molecular complexity index is 1020. The van der Waals surface area contributed by atoms with Crippen molar-refractivity contribution in [3.63, 3.8) is 0 Å². The number of nitrogens with zero attached hydrogens (tertiary/aromatic N) is 2. The normalized spacial score (nSPS) is 21.7. The average molecular weight is 391 g/mol. The van der Waals surface area contributed by atoms with Crippen LogP contribution in [0.2, 0.25) is 0 Å². The van der Waals surface area contributed by atoms with E-state index in [2.05, 4.69) is 17.5 Å². The Morgan fingerprint density at radius 1 is 0.857 bits per heavy atom. The lowest BCUT2D eigenvalue weighted by atomic mass is 10.0. The first-order valence-corrected chi connectivity index (χ1v) is 10.7. The third-order valence-corrected chi connectivity index (χ3v) is 6.92. The maximum absolute atomic E-state index is 13.1. The predicted molar refractivity (Wildman–Crippen MR) is 112 cm³/mol. The molecule has 0 N–H and O–H groups in total. The number of rotatable bonds is 3. The third-order valence-electron chi connectivity index (χ3n) is 5.91. The Labute approximate surface area is 168 Å². The molecule has 1 saturated carbocycles. The number of benzene rings is 2. The highest BCUT2D eigenvalue weighted by Gasteiger charge is 2.46. The minimum absolute atomic E-state index is 0.0618. The second-order valence-corrected chi connectivity index (χ2v) is 8.59. The van der Waals surface area contributed by atoms with E-state index >= 15 is 0 Å². The molecule has 2 fully saturated rings. The first kappa shape index (κ1) is 17.4. The quantitative estimate of drug-likeness (QED) is 0.678. The van der Waals surface area contributed by atoms with Gasteiger partial charge in [0.25, 0.3) is 5.91 Å². The fraction of sp³-hybridized carbons (Fsp3) is 0.304.